The SMILES string of the molecule is C[C@@H](NC1CCN(CCS(C)(=O)=O)CC1)c1ccsc1. The highest BCUT2D eigenvalue weighted by Gasteiger charge is 2.21. The first-order valence-electron chi connectivity index (χ1n) is 7.12. The van der Waals surface area contributed by atoms with E-state index in [0.717, 1.165) is 25.9 Å². The molecule has 2 rings (SSSR count). The lowest BCUT2D eigenvalue weighted by Crippen LogP contribution is -2.44. The van der Waals surface area contributed by atoms with Crippen molar-refractivity contribution in [3.63, 3.8) is 0 Å². The first-order valence-corrected chi connectivity index (χ1v) is 10.1. The van der Waals surface area contributed by atoms with Gasteiger partial charge in [0.2, 0.25) is 0 Å². The van der Waals surface area contributed by atoms with Crippen LogP contribution in [0, 0.1) is 0 Å². The lowest BCUT2D eigenvalue weighted by Gasteiger charge is -2.33. The van der Waals surface area contributed by atoms with Crippen molar-refractivity contribution in [3.05, 3.63) is 22.4 Å². The molecule has 0 aliphatic carbocycles. The first-order chi connectivity index (χ1) is 9.44. The van der Waals surface area contributed by atoms with Crippen LogP contribution in [0.5, 0.6) is 0 Å². The predicted octanol–water partition coefficient (Wildman–Crippen LogP) is 1.91. The van der Waals surface area contributed by atoms with Gasteiger partial charge in [0.25, 0.3) is 0 Å². The zero-order chi connectivity index (χ0) is 14.6. The van der Waals surface area contributed by atoms with Crippen molar-refractivity contribution in [3.8, 4) is 0 Å². The van der Waals surface area contributed by atoms with Crippen LogP contribution in [0.4, 0.5) is 0 Å². The maximum absolute atomic E-state index is 11.2. The van der Waals surface area contributed by atoms with Crippen LogP contribution in [0.25, 0.3) is 0 Å². The Morgan fingerprint density at radius 3 is 2.70 bits per heavy atom. The van der Waals surface area contributed by atoms with Gasteiger partial charge in [0.05, 0.1) is 5.75 Å². The average molecular weight is 316 g/mol. The van der Waals surface area contributed by atoms with Crippen LogP contribution >= 0.6 is 11.3 Å². The highest BCUT2D eigenvalue weighted by Crippen LogP contribution is 2.19. The summed E-state index contributed by atoms with van der Waals surface area (Å²) in [5, 5.41) is 7.98. The van der Waals surface area contributed by atoms with Gasteiger partial charge in [-0.15, -0.1) is 0 Å². The van der Waals surface area contributed by atoms with Gasteiger partial charge in [-0.2, -0.15) is 11.3 Å². The largest absolute Gasteiger partial charge is 0.307 e. The molecule has 20 heavy (non-hydrogen) atoms. The van der Waals surface area contributed by atoms with E-state index in [1.54, 1.807) is 11.3 Å². The van der Waals surface area contributed by atoms with Crippen LogP contribution in [0.3, 0.4) is 0 Å². The maximum Gasteiger partial charge on any atom is 0.148 e. The summed E-state index contributed by atoms with van der Waals surface area (Å²) in [4.78, 5) is 2.26. The Morgan fingerprint density at radius 2 is 2.15 bits per heavy atom. The fraction of sp³-hybridized carbons (Fsp3) is 0.714. The van der Waals surface area contributed by atoms with E-state index in [1.807, 2.05) is 0 Å². The maximum atomic E-state index is 11.2. The van der Waals surface area contributed by atoms with Gasteiger partial charge >= 0.3 is 0 Å². The molecule has 0 spiro atoms. The molecule has 0 unspecified atom stereocenters. The molecule has 114 valence electrons. The molecule has 1 aliphatic rings. The van der Waals surface area contributed by atoms with E-state index in [4.69, 9.17) is 0 Å². The van der Waals surface area contributed by atoms with Crippen LogP contribution < -0.4 is 5.32 Å². The third-order valence-corrected chi connectivity index (χ3v) is 5.52. The fourth-order valence-electron chi connectivity index (χ4n) is 2.59. The summed E-state index contributed by atoms with van der Waals surface area (Å²) < 4.78 is 22.4. The van der Waals surface area contributed by atoms with Crippen LogP contribution in [0.15, 0.2) is 16.8 Å². The Bertz CT molecular complexity index is 491. The van der Waals surface area contributed by atoms with Crippen molar-refractivity contribution in [2.75, 3.05) is 31.6 Å². The number of rotatable bonds is 6. The highest BCUT2D eigenvalue weighted by atomic mass is 32.2. The average Bonchev–Trinajstić information content (AvgIpc) is 2.91. The molecule has 1 aromatic heterocycles. The van der Waals surface area contributed by atoms with E-state index in [1.165, 1.54) is 11.8 Å². The summed E-state index contributed by atoms with van der Waals surface area (Å²) in [6.07, 6.45) is 3.50. The van der Waals surface area contributed by atoms with E-state index >= 15 is 0 Å². The molecule has 1 saturated heterocycles. The fourth-order valence-corrected chi connectivity index (χ4v) is 3.93. The number of hydrogen-bond acceptors (Lipinski definition) is 5. The molecular weight excluding hydrogens is 292 g/mol. The molecule has 1 fully saturated rings. The number of nitrogens with zero attached hydrogens (tertiary/aromatic N) is 1. The minimum atomic E-state index is -2.84. The number of thiophene rings is 1. The normalized spacial score (nSPS) is 20.1. The third-order valence-electron chi connectivity index (χ3n) is 3.89. The molecule has 1 aliphatic heterocycles. The van der Waals surface area contributed by atoms with Crippen molar-refractivity contribution in [2.45, 2.75) is 31.8 Å². The zero-order valence-corrected chi connectivity index (χ0v) is 13.8. The predicted molar refractivity (Wildman–Crippen MR) is 85.0 cm³/mol. The Morgan fingerprint density at radius 1 is 1.45 bits per heavy atom. The number of hydrogen-bond donors (Lipinski definition) is 1. The molecule has 1 aromatic rings. The molecule has 0 saturated carbocycles. The summed E-state index contributed by atoms with van der Waals surface area (Å²) in [6, 6.07) is 3.11. The standard InChI is InChI=1S/C14H24N2O2S2/c1-12(13-5-9-19-11-13)15-14-3-6-16(7-4-14)8-10-20(2,17)18/h5,9,11-12,14-15H,3-4,6-8,10H2,1-2H3/t12-/m1/s1. The van der Waals surface area contributed by atoms with Gasteiger partial charge < -0.3 is 10.2 Å². The minimum absolute atomic E-state index is 0.274. The second-order valence-corrected chi connectivity index (χ2v) is 8.73. The van der Waals surface area contributed by atoms with Crippen LogP contribution in [-0.4, -0.2) is 51.0 Å². The summed E-state index contributed by atoms with van der Waals surface area (Å²) in [7, 11) is -2.84. The Balaban J connectivity index is 1.71. The lowest BCUT2D eigenvalue weighted by molar-refractivity contribution is 0.201. The smallest absolute Gasteiger partial charge is 0.148 e. The molecular formula is C14H24N2O2S2. The number of piperidine rings is 1. The Labute approximate surface area is 126 Å². The van der Waals surface area contributed by atoms with E-state index < -0.39 is 9.84 Å². The quantitative estimate of drug-likeness (QED) is 0.871. The van der Waals surface area contributed by atoms with E-state index in [0.29, 0.717) is 18.6 Å². The van der Waals surface area contributed by atoms with Crippen molar-refractivity contribution >= 4 is 21.2 Å². The van der Waals surface area contributed by atoms with Gasteiger partial charge in [0, 0.05) is 24.9 Å². The molecule has 2 heterocycles. The second-order valence-electron chi connectivity index (χ2n) is 5.69. The van der Waals surface area contributed by atoms with Gasteiger partial charge in [0.15, 0.2) is 0 Å². The molecule has 0 radical (unpaired) electrons. The summed E-state index contributed by atoms with van der Waals surface area (Å²) in [5.41, 5.74) is 1.36. The van der Waals surface area contributed by atoms with Crippen molar-refractivity contribution in [1.29, 1.82) is 0 Å². The molecule has 0 amide bonds. The van der Waals surface area contributed by atoms with E-state index in [9.17, 15) is 8.42 Å². The van der Waals surface area contributed by atoms with Crippen molar-refractivity contribution in [1.82, 2.24) is 10.2 Å². The summed E-state index contributed by atoms with van der Waals surface area (Å²) in [5.74, 6) is 0.274. The monoisotopic (exact) mass is 316 g/mol. The Kier molecular flexibility index (Phi) is 5.60. The second kappa shape index (κ2) is 7.02. The van der Waals surface area contributed by atoms with Crippen molar-refractivity contribution < 1.29 is 8.42 Å². The number of sulfone groups is 1. The topological polar surface area (TPSA) is 49.4 Å². The van der Waals surface area contributed by atoms with Gasteiger partial charge in [-0.25, -0.2) is 8.42 Å². The van der Waals surface area contributed by atoms with E-state index in [2.05, 4.69) is 34.0 Å². The van der Waals surface area contributed by atoms with Gasteiger partial charge in [-0.05, 0) is 55.2 Å². The molecule has 1 atom stereocenters. The minimum Gasteiger partial charge on any atom is -0.307 e. The first kappa shape index (κ1) is 15.9. The van der Waals surface area contributed by atoms with Crippen LogP contribution in [-0.2, 0) is 9.84 Å². The van der Waals surface area contributed by atoms with Gasteiger partial charge in [0.1, 0.15) is 9.84 Å². The molecule has 0 aromatic carbocycles. The number of likely N-dealkylation sites (tertiary alicyclic amines) is 1. The lowest BCUT2D eigenvalue weighted by atomic mass is 10.0. The molecule has 0 bridgehead atoms. The number of nitrogens with one attached hydrogen (secondary N) is 1. The van der Waals surface area contributed by atoms with Gasteiger partial charge in [-0.3, -0.25) is 0 Å². The summed E-state index contributed by atoms with van der Waals surface area (Å²) >= 11 is 1.73. The molecule has 4 nitrogen and oxygen atoms in total. The van der Waals surface area contributed by atoms with Gasteiger partial charge in [-0.1, -0.05) is 0 Å². The van der Waals surface area contributed by atoms with Crippen LogP contribution in [0.1, 0.15) is 31.4 Å². The zero-order valence-electron chi connectivity index (χ0n) is 12.2. The molecule has 1 N–H and O–H groups in total. The van der Waals surface area contributed by atoms with Crippen LogP contribution in [0.2, 0.25) is 0 Å². The highest BCUT2D eigenvalue weighted by molar-refractivity contribution is 7.90. The van der Waals surface area contributed by atoms with Crippen molar-refractivity contribution in [2.24, 2.45) is 0 Å². The third kappa shape index (κ3) is 5.16. The molecule has 6 heteroatoms. The Hall–Kier alpha value is -0.430. The van der Waals surface area contributed by atoms with E-state index in [-0.39, 0.29) is 5.75 Å². The summed E-state index contributed by atoms with van der Waals surface area (Å²) in [6.45, 7) is 4.86.